The van der Waals surface area contributed by atoms with Crippen molar-refractivity contribution in [2.45, 2.75) is 26.7 Å². The van der Waals surface area contributed by atoms with Crippen molar-refractivity contribution in [3.63, 3.8) is 0 Å². The molecule has 28 heavy (non-hydrogen) atoms. The Kier molecular flexibility index (Phi) is 5.99. The highest BCUT2D eigenvalue weighted by Crippen LogP contribution is 2.25. The summed E-state index contributed by atoms with van der Waals surface area (Å²) in [4.78, 5) is 27.7. The fourth-order valence-corrected chi connectivity index (χ4v) is 3.33. The SMILES string of the molecule is CCCNC(=O)c1ccc(NC(=O)Cc2c(C)[nH]c3ccc(F)cc23)cc1Cl. The van der Waals surface area contributed by atoms with Crippen LogP contribution in [0, 0.1) is 12.7 Å². The number of aryl methyl sites for hydroxylation is 1. The lowest BCUT2D eigenvalue weighted by Crippen LogP contribution is -2.24. The third-order valence-corrected chi connectivity index (χ3v) is 4.76. The Morgan fingerprint density at radius 1 is 1.18 bits per heavy atom. The van der Waals surface area contributed by atoms with E-state index < -0.39 is 0 Å². The average molecular weight is 402 g/mol. The van der Waals surface area contributed by atoms with E-state index in [1.807, 2.05) is 13.8 Å². The number of nitrogens with one attached hydrogen (secondary N) is 3. The highest BCUT2D eigenvalue weighted by molar-refractivity contribution is 6.34. The maximum Gasteiger partial charge on any atom is 0.252 e. The number of benzene rings is 2. The van der Waals surface area contributed by atoms with Crippen LogP contribution in [0.1, 0.15) is 35.0 Å². The first-order valence-electron chi connectivity index (χ1n) is 9.03. The smallest absolute Gasteiger partial charge is 0.252 e. The molecule has 0 aliphatic rings. The maximum absolute atomic E-state index is 13.6. The van der Waals surface area contributed by atoms with Crippen molar-refractivity contribution in [2.75, 3.05) is 11.9 Å². The number of carbonyl (C=O) groups excluding carboxylic acids is 2. The molecule has 0 spiro atoms. The van der Waals surface area contributed by atoms with Gasteiger partial charge in [-0.3, -0.25) is 9.59 Å². The highest BCUT2D eigenvalue weighted by Gasteiger charge is 2.15. The number of anilines is 1. The second kappa shape index (κ2) is 8.44. The van der Waals surface area contributed by atoms with E-state index >= 15 is 0 Å². The zero-order valence-corrected chi connectivity index (χ0v) is 16.4. The predicted octanol–water partition coefficient (Wildman–Crippen LogP) is 4.59. The van der Waals surface area contributed by atoms with Gasteiger partial charge in [-0.15, -0.1) is 0 Å². The van der Waals surface area contributed by atoms with E-state index in [0.717, 1.165) is 23.2 Å². The number of H-pyrrole nitrogens is 1. The zero-order valence-electron chi connectivity index (χ0n) is 15.7. The first-order valence-corrected chi connectivity index (χ1v) is 9.41. The largest absolute Gasteiger partial charge is 0.358 e. The lowest BCUT2D eigenvalue weighted by Gasteiger charge is -2.09. The summed E-state index contributed by atoms with van der Waals surface area (Å²) in [6.45, 7) is 4.38. The summed E-state index contributed by atoms with van der Waals surface area (Å²) in [6.07, 6.45) is 0.917. The number of halogens is 2. The zero-order chi connectivity index (χ0) is 20.3. The lowest BCUT2D eigenvalue weighted by molar-refractivity contribution is -0.115. The summed E-state index contributed by atoms with van der Waals surface area (Å²) < 4.78 is 13.6. The van der Waals surface area contributed by atoms with E-state index in [1.54, 1.807) is 24.3 Å². The Bertz CT molecular complexity index is 1050. The Labute approximate surface area is 167 Å². The molecule has 3 rings (SSSR count). The summed E-state index contributed by atoms with van der Waals surface area (Å²) in [5, 5.41) is 6.49. The first-order chi connectivity index (χ1) is 13.4. The summed E-state index contributed by atoms with van der Waals surface area (Å²) in [6, 6.07) is 9.20. The minimum atomic E-state index is -0.350. The Hall–Kier alpha value is -2.86. The monoisotopic (exact) mass is 401 g/mol. The minimum Gasteiger partial charge on any atom is -0.358 e. The van der Waals surface area contributed by atoms with Crippen molar-refractivity contribution >= 4 is 40.0 Å². The van der Waals surface area contributed by atoms with Gasteiger partial charge in [0.2, 0.25) is 5.91 Å². The van der Waals surface area contributed by atoms with Gasteiger partial charge in [-0.05, 0) is 55.3 Å². The number of hydrogen-bond acceptors (Lipinski definition) is 2. The number of amides is 2. The molecule has 2 aromatic carbocycles. The number of carbonyl (C=O) groups is 2. The summed E-state index contributed by atoms with van der Waals surface area (Å²) in [5.74, 6) is -0.856. The number of aromatic nitrogens is 1. The van der Waals surface area contributed by atoms with Gasteiger partial charge in [0, 0.05) is 28.8 Å². The molecule has 3 aromatic rings. The molecule has 0 unspecified atom stereocenters. The first kappa shape index (κ1) is 19.9. The van der Waals surface area contributed by atoms with Crippen molar-refractivity contribution in [3.05, 3.63) is 64.1 Å². The van der Waals surface area contributed by atoms with Gasteiger partial charge < -0.3 is 15.6 Å². The molecule has 0 aliphatic carbocycles. The molecule has 7 heteroatoms. The van der Waals surface area contributed by atoms with Gasteiger partial charge >= 0.3 is 0 Å². The van der Waals surface area contributed by atoms with E-state index in [9.17, 15) is 14.0 Å². The predicted molar refractivity (Wildman–Crippen MR) is 109 cm³/mol. The van der Waals surface area contributed by atoms with Crippen molar-refractivity contribution in [2.24, 2.45) is 0 Å². The number of fused-ring (bicyclic) bond motifs is 1. The van der Waals surface area contributed by atoms with Crippen molar-refractivity contribution in [3.8, 4) is 0 Å². The fourth-order valence-electron chi connectivity index (χ4n) is 3.06. The number of rotatable bonds is 6. The molecular weight excluding hydrogens is 381 g/mol. The van der Waals surface area contributed by atoms with Crippen LogP contribution in [0.2, 0.25) is 5.02 Å². The normalized spacial score (nSPS) is 10.9. The van der Waals surface area contributed by atoms with Crippen LogP contribution in [0.25, 0.3) is 10.9 Å². The lowest BCUT2D eigenvalue weighted by atomic mass is 10.1. The topological polar surface area (TPSA) is 74.0 Å². The van der Waals surface area contributed by atoms with Crippen molar-refractivity contribution < 1.29 is 14.0 Å². The van der Waals surface area contributed by atoms with Crippen LogP contribution in [0.15, 0.2) is 36.4 Å². The molecule has 1 heterocycles. The van der Waals surface area contributed by atoms with Gasteiger partial charge in [0.1, 0.15) is 5.82 Å². The summed E-state index contributed by atoms with van der Waals surface area (Å²) in [7, 11) is 0. The van der Waals surface area contributed by atoms with Crippen LogP contribution < -0.4 is 10.6 Å². The van der Waals surface area contributed by atoms with E-state index in [-0.39, 0.29) is 29.1 Å². The fraction of sp³-hybridized carbons (Fsp3) is 0.238. The van der Waals surface area contributed by atoms with Gasteiger partial charge in [0.25, 0.3) is 5.91 Å². The van der Waals surface area contributed by atoms with Gasteiger partial charge in [0.15, 0.2) is 0 Å². The number of hydrogen-bond donors (Lipinski definition) is 3. The third kappa shape index (κ3) is 4.34. The molecule has 0 fully saturated rings. The van der Waals surface area contributed by atoms with Gasteiger partial charge in [0.05, 0.1) is 17.0 Å². The average Bonchev–Trinajstić information content (AvgIpc) is 2.94. The quantitative estimate of drug-likeness (QED) is 0.565. The van der Waals surface area contributed by atoms with E-state index in [0.29, 0.717) is 23.2 Å². The Morgan fingerprint density at radius 2 is 1.96 bits per heavy atom. The van der Waals surface area contributed by atoms with Crippen molar-refractivity contribution in [1.29, 1.82) is 0 Å². The van der Waals surface area contributed by atoms with Gasteiger partial charge in [-0.1, -0.05) is 18.5 Å². The van der Waals surface area contributed by atoms with Crippen LogP contribution in [-0.2, 0) is 11.2 Å². The Morgan fingerprint density at radius 3 is 2.68 bits per heavy atom. The molecule has 146 valence electrons. The second-order valence-corrected chi connectivity index (χ2v) is 7.00. The van der Waals surface area contributed by atoms with Crippen LogP contribution in [0.4, 0.5) is 10.1 Å². The van der Waals surface area contributed by atoms with E-state index in [4.69, 9.17) is 11.6 Å². The standard InChI is InChI=1S/C21H21ClFN3O2/c1-3-8-24-21(28)15-6-5-14(10-18(15)22)26-20(27)11-16-12(2)25-19-7-4-13(23)9-17(16)19/h4-7,9-10,25H,3,8,11H2,1-2H3,(H,24,28)(H,26,27). The number of aromatic amines is 1. The third-order valence-electron chi connectivity index (χ3n) is 4.45. The van der Waals surface area contributed by atoms with Crippen molar-refractivity contribution in [1.82, 2.24) is 10.3 Å². The van der Waals surface area contributed by atoms with Crippen LogP contribution in [-0.4, -0.2) is 23.3 Å². The molecule has 0 aliphatic heterocycles. The molecule has 5 nitrogen and oxygen atoms in total. The molecule has 1 aromatic heterocycles. The molecule has 3 N–H and O–H groups in total. The van der Waals surface area contributed by atoms with Crippen LogP contribution in [0.5, 0.6) is 0 Å². The molecule has 0 saturated heterocycles. The molecule has 0 radical (unpaired) electrons. The molecule has 0 saturated carbocycles. The van der Waals surface area contributed by atoms with Crippen LogP contribution >= 0.6 is 11.6 Å². The summed E-state index contributed by atoms with van der Waals surface area (Å²) >= 11 is 6.19. The summed E-state index contributed by atoms with van der Waals surface area (Å²) in [5.41, 5.74) is 3.19. The van der Waals surface area contributed by atoms with E-state index in [2.05, 4.69) is 15.6 Å². The van der Waals surface area contributed by atoms with Gasteiger partial charge in [-0.2, -0.15) is 0 Å². The maximum atomic E-state index is 13.6. The molecular formula is C21H21ClFN3O2. The minimum absolute atomic E-state index is 0.0889. The van der Waals surface area contributed by atoms with E-state index in [1.165, 1.54) is 12.1 Å². The molecule has 0 bridgehead atoms. The van der Waals surface area contributed by atoms with Gasteiger partial charge in [-0.25, -0.2) is 4.39 Å². The van der Waals surface area contributed by atoms with Crippen LogP contribution in [0.3, 0.4) is 0 Å². The highest BCUT2D eigenvalue weighted by atomic mass is 35.5. The Balaban J connectivity index is 1.73. The second-order valence-electron chi connectivity index (χ2n) is 6.59. The molecule has 0 atom stereocenters. The molecule has 2 amide bonds.